The number of halogens is 1. The summed E-state index contributed by atoms with van der Waals surface area (Å²) in [7, 11) is 1.74. The Kier molecular flexibility index (Phi) is 4.13. The molecule has 1 amide bonds. The van der Waals surface area contributed by atoms with Crippen LogP contribution in [-0.4, -0.2) is 48.9 Å². The molecular weight excluding hydrogens is 211 g/mol. The highest BCUT2D eigenvalue weighted by atomic mass is 19.1. The molecule has 5 heteroatoms. The van der Waals surface area contributed by atoms with E-state index in [-0.39, 0.29) is 12.6 Å². The number of ether oxygens (including phenoxy) is 1. The van der Waals surface area contributed by atoms with E-state index < -0.39 is 17.9 Å². The van der Waals surface area contributed by atoms with E-state index in [4.69, 9.17) is 4.74 Å². The minimum atomic E-state index is -1.02. The lowest BCUT2D eigenvalue weighted by atomic mass is 10.0. The standard InChI is InChI=1S/C11H21FN2O2/c1-11(2,3)16-10(15)14-6-5-9(13-4)8(12)7-14/h8-9,13H,5-7H2,1-4H3/t8-,9-/m1/s1. The van der Waals surface area contributed by atoms with Crippen LogP contribution in [0.1, 0.15) is 27.2 Å². The van der Waals surface area contributed by atoms with Gasteiger partial charge in [-0.15, -0.1) is 0 Å². The van der Waals surface area contributed by atoms with Gasteiger partial charge >= 0.3 is 6.09 Å². The molecule has 0 aromatic rings. The Balaban J connectivity index is 2.48. The summed E-state index contributed by atoms with van der Waals surface area (Å²) in [4.78, 5) is 13.1. The zero-order chi connectivity index (χ0) is 12.3. The third-order valence-electron chi connectivity index (χ3n) is 2.56. The Labute approximate surface area is 96.1 Å². The molecule has 1 rings (SSSR count). The van der Waals surface area contributed by atoms with Gasteiger partial charge in [0.1, 0.15) is 11.8 Å². The second-order valence-electron chi connectivity index (χ2n) is 5.13. The normalized spacial score (nSPS) is 26.7. The molecule has 1 fully saturated rings. The molecule has 0 aliphatic carbocycles. The Hall–Kier alpha value is -0.840. The molecule has 0 bridgehead atoms. The van der Waals surface area contributed by atoms with Crippen molar-refractivity contribution in [1.29, 1.82) is 0 Å². The number of amides is 1. The van der Waals surface area contributed by atoms with Gasteiger partial charge in [-0.05, 0) is 34.2 Å². The summed E-state index contributed by atoms with van der Waals surface area (Å²) in [5.41, 5.74) is -0.525. The average Bonchev–Trinajstić information content (AvgIpc) is 2.15. The van der Waals surface area contributed by atoms with Gasteiger partial charge in [0.2, 0.25) is 0 Å². The van der Waals surface area contributed by atoms with Crippen molar-refractivity contribution in [3.63, 3.8) is 0 Å². The zero-order valence-corrected chi connectivity index (χ0v) is 10.4. The molecule has 1 saturated heterocycles. The Bertz CT molecular complexity index is 253. The van der Waals surface area contributed by atoms with Crippen molar-refractivity contribution < 1.29 is 13.9 Å². The third kappa shape index (κ3) is 3.63. The third-order valence-corrected chi connectivity index (χ3v) is 2.56. The summed E-state index contributed by atoms with van der Waals surface area (Å²) in [6.45, 7) is 6.07. The van der Waals surface area contributed by atoms with Crippen molar-refractivity contribution in [2.75, 3.05) is 20.1 Å². The van der Waals surface area contributed by atoms with Gasteiger partial charge in [0.25, 0.3) is 0 Å². The van der Waals surface area contributed by atoms with Gasteiger partial charge in [-0.25, -0.2) is 9.18 Å². The molecule has 0 unspecified atom stereocenters. The van der Waals surface area contributed by atoms with E-state index in [1.54, 1.807) is 27.8 Å². The predicted molar refractivity (Wildman–Crippen MR) is 60.2 cm³/mol. The van der Waals surface area contributed by atoms with Crippen LogP contribution in [0.15, 0.2) is 0 Å². The fourth-order valence-corrected chi connectivity index (χ4v) is 1.72. The molecule has 94 valence electrons. The number of alkyl halides is 1. The molecule has 1 heterocycles. The van der Waals surface area contributed by atoms with E-state index >= 15 is 0 Å². The minimum absolute atomic E-state index is 0.112. The van der Waals surface area contributed by atoms with Crippen molar-refractivity contribution in [3.05, 3.63) is 0 Å². The molecule has 0 aromatic heterocycles. The van der Waals surface area contributed by atoms with Crippen LogP contribution in [0.5, 0.6) is 0 Å². The summed E-state index contributed by atoms with van der Waals surface area (Å²) >= 11 is 0. The maximum atomic E-state index is 13.6. The van der Waals surface area contributed by atoms with E-state index in [0.29, 0.717) is 13.0 Å². The summed E-state index contributed by atoms with van der Waals surface area (Å²) in [6.07, 6.45) is -0.826. The van der Waals surface area contributed by atoms with Gasteiger partial charge < -0.3 is 15.0 Å². The van der Waals surface area contributed by atoms with Crippen molar-refractivity contribution in [3.8, 4) is 0 Å². The lowest BCUT2D eigenvalue weighted by molar-refractivity contribution is 0.00990. The van der Waals surface area contributed by atoms with E-state index in [2.05, 4.69) is 5.32 Å². The van der Waals surface area contributed by atoms with E-state index in [9.17, 15) is 9.18 Å². The van der Waals surface area contributed by atoms with Crippen molar-refractivity contribution in [2.24, 2.45) is 0 Å². The highest BCUT2D eigenvalue weighted by molar-refractivity contribution is 5.68. The van der Waals surface area contributed by atoms with Crippen molar-refractivity contribution in [2.45, 2.75) is 45.0 Å². The number of carbonyl (C=O) groups is 1. The first-order valence-corrected chi connectivity index (χ1v) is 5.63. The second kappa shape index (κ2) is 4.99. The molecule has 16 heavy (non-hydrogen) atoms. The molecule has 0 radical (unpaired) electrons. The second-order valence-corrected chi connectivity index (χ2v) is 5.13. The molecule has 0 aromatic carbocycles. The monoisotopic (exact) mass is 232 g/mol. The first-order chi connectivity index (χ1) is 7.33. The van der Waals surface area contributed by atoms with Crippen LogP contribution in [0.3, 0.4) is 0 Å². The first kappa shape index (κ1) is 13.2. The van der Waals surface area contributed by atoms with Gasteiger partial charge in [-0.1, -0.05) is 0 Å². The minimum Gasteiger partial charge on any atom is -0.444 e. The van der Waals surface area contributed by atoms with E-state index in [1.165, 1.54) is 4.90 Å². The quantitative estimate of drug-likeness (QED) is 0.746. The van der Waals surface area contributed by atoms with Crippen LogP contribution in [-0.2, 0) is 4.74 Å². The number of carbonyl (C=O) groups excluding carboxylic acids is 1. The molecular formula is C11H21FN2O2. The predicted octanol–water partition coefficient (Wildman–Crippen LogP) is 1.55. The van der Waals surface area contributed by atoms with Crippen LogP contribution in [0, 0.1) is 0 Å². The van der Waals surface area contributed by atoms with E-state index in [1.807, 2.05) is 0 Å². The summed E-state index contributed by atoms with van der Waals surface area (Å²) < 4.78 is 18.8. The maximum absolute atomic E-state index is 13.6. The number of hydrogen-bond acceptors (Lipinski definition) is 3. The fourth-order valence-electron chi connectivity index (χ4n) is 1.72. The largest absolute Gasteiger partial charge is 0.444 e. The first-order valence-electron chi connectivity index (χ1n) is 5.63. The molecule has 0 spiro atoms. The van der Waals surface area contributed by atoms with Crippen molar-refractivity contribution >= 4 is 6.09 Å². The van der Waals surface area contributed by atoms with Crippen LogP contribution >= 0.6 is 0 Å². The number of likely N-dealkylation sites (tertiary alicyclic amines) is 1. The highest BCUT2D eigenvalue weighted by Gasteiger charge is 2.32. The highest BCUT2D eigenvalue weighted by Crippen LogP contribution is 2.17. The fraction of sp³-hybridized carbons (Fsp3) is 0.909. The van der Waals surface area contributed by atoms with Gasteiger partial charge in [0, 0.05) is 12.6 Å². The van der Waals surface area contributed by atoms with Crippen LogP contribution in [0.25, 0.3) is 0 Å². The van der Waals surface area contributed by atoms with E-state index in [0.717, 1.165) is 0 Å². The Morgan fingerprint density at radius 2 is 2.12 bits per heavy atom. The van der Waals surface area contributed by atoms with Crippen LogP contribution in [0.4, 0.5) is 9.18 Å². The van der Waals surface area contributed by atoms with Gasteiger partial charge in [-0.2, -0.15) is 0 Å². The lowest BCUT2D eigenvalue weighted by Crippen LogP contribution is -2.52. The summed E-state index contributed by atoms with van der Waals surface area (Å²) in [5, 5.41) is 2.91. The van der Waals surface area contributed by atoms with Gasteiger partial charge in [0.05, 0.1) is 6.54 Å². The zero-order valence-electron chi connectivity index (χ0n) is 10.4. The lowest BCUT2D eigenvalue weighted by Gasteiger charge is -2.35. The summed E-state index contributed by atoms with van der Waals surface area (Å²) in [5.74, 6) is 0. The molecule has 0 saturated carbocycles. The number of hydrogen-bond donors (Lipinski definition) is 1. The topological polar surface area (TPSA) is 41.6 Å². The molecule has 4 nitrogen and oxygen atoms in total. The molecule has 1 aliphatic rings. The maximum Gasteiger partial charge on any atom is 0.410 e. The number of piperidine rings is 1. The Morgan fingerprint density at radius 3 is 2.56 bits per heavy atom. The SMILES string of the molecule is CN[C@@H]1CCN(C(=O)OC(C)(C)C)C[C@H]1F. The number of nitrogens with one attached hydrogen (secondary N) is 1. The smallest absolute Gasteiger partial charge is 0.410 e. The van der Waals surface area contributed by atoms with Crippen LogP contribution < -0.4 is 5.32 Å². The molecule has 1 N–H and O–H groups in total. The summed E-state index contributed by atoms with van der Waals surface area (Å²) in [6, 6.07) is -0.154. The van der Waals surface area contributed by atoms with Gasteiger partial charge in [-0.3, -0.25) is 0 Å². The number of rotatable bonds is 1. The van der Waals surface area contributed by atoms with Crippen LogP contribution in [0.2, 0.25) is 0 Å². The number of nitrogens with zero attached hydrogens (tertiary/aromatic N) is 1. The van der Waals surface area contributed by atoms with Gasteiger partial charge in [0.15, 0.2) is 0 Å². The van der Waals surface area contributed by atoms with Crippen molar-refractivity contribution in [1.82, 2.24) is 10.2 Å². The Morgan fingerprint density at radius 1 is 1.50 bits per heavy atom. The molecule has 2 atom stereocenters. The average molecular weight is 232 g/mol. The molecule has 1 aliphatic heterocycles.